The highest BCUT2D eigenvalue weighted by Gasteiger charge is 2.13. The second-order valence-electron chi connectivity index (χ2n) is 4.92. The number of hydrogen-bond donors (Lipinski definition) is 1. The fourth-order valence-corrected chi connectivity index (χ4v) is 3.43. The van der Waals surface area contributed by atoms with Crippen molar-refractivity contribution in [3.63, 3.8) is 0 Å². The molecule has 1 aromatic carbocycles. The molecule has 0 saturated carbocycles. The molecule has 0 fully saturated rings. The predicted octanol–water partition coefficient (Wildman–Crippen LogP) is 5.07. The van der Waals surface area contributed by atoms with Crippen molar-refractivity contribution in [1.29, 1.82) is 0 Å². The van der Waals surface area contributed by atoms with E-state index in [0.29, 0.717) is 5.02 Å². The quantitative estimate of drug-likeness (QED) is 0.728. The number of aryl methyl sites for hydroxylation is 1. The first-order chi connectivity index (χ1) is 10.1. The zero-order chi connectivity index (χ0) is 14.8. The van der Waals surface area contributed by atoms with Gasteiger partial charge in [0.1, 0.15) is 0 Å². The minimum Gasteiger partial charge on any atom is -0.376 e. The Bertz CT molecular complexity index is 734. The number of para-hydroxylation sites is 1. The van der Waals surface area contributed by atoms with Crippen LogP contribution in [0.3, 0.4) is 0 Å². The van der Waals surface area contributed by atoms with E-state index in [1.54, 1.807) is 12.5 Å². The van der Waals surface area contributed by atoms with Gasteiger partial charge in [0.15, 0.2) is 0 Å². The van der Waals surface area contributed by atoms with Crippen molar-refractivity contribution in [1.82, 2.24) is 9.55 Å². The van der Waals surface area contributed by atoms with Gasteiger partial charge < -0.3 is 9.88 Å². The standard InChI is InChI=1S/C16H16ClN3S/c1-11-6-7-15(21-11)12(2)19-14-5-3-4-13(17)16(14)20-9-8-18-10-20/h3-10,12,19H,1-2H3. The van der Waals surface area contributed by atoms with E-state index in [9.17, 15) is 0 Å². The molecular formula is C16H16ClN3S. The molecule has 0 amide bonds. The molecule has 21 heavy (non-hydrogen) atoms. The number of anilines is 1. The van der Waals surface area contributed by atoms with Crippen LogP contribution in [-0.4, -0.2) is 9.55 Å². The van der Waals surface area contributed by atoms with Gasteiger partial charge in [-0.15, -0.1) is 11.3 Å². The summed E-state index contributed by atoms with van der Waals surface area (Å²) in [5.74, 6) is 0. The van der Waals surface area contributed by atoms with Crippen LogP contribution in [0.2, 0.25) is 5.02 Å². The summed E-state index contributed by atoms with van der Waals surface area (Å²) in [5.41, 5.74) is 1.93. The maximum Gasteiger partial charge on any atom is 0.0992 e. The molecule has 5 heteroatoms. The molecular weight excluding hydrogens is 302 g/mol. The van der Waals surface area contributed by atoms with Gasteiger partial charge in [0.2, 0.25) is 0 Å². The molecule has 3 nitrogen and oxygen atoms in total. The molecule has 3 rings (SSSR count). The van der Waals surface area contributed by atoms with Gasteiger partial charge in [0.05, 0.1) is 28.8 Å². The average Bonchev–Trinajstić information content (AvgIpc) is 3.10. The molecule has 108 valence electrons. The third kappa shape index (κ3) is 2.96. The number of nitrogens with one attached hydrogen (secondary N) is 1. The molecule has 2 heterocycles. The third-order valence-electron chi connectivity index (χ3n) is 3.31. The average molecular weight is 318 g/mol. The summed E-state index contributed by atoms with van der Waals surface area (Å²) in [4.78, 5) is 6.73. The van der Waals surface area contributed by atoms with Crippen molar-refractivity contribution in [2.24, 2.45) is 0 Å². The van der Waals surface area contributed by atoms with Gasteiger partial charge in [-0.1, -0.05) is 17.7 Å². The second kappa shape index (κ2) is 5.92. The number of nitrogens with zero attached hydrogens (tertiary/aromatic N) is 2. The van der Waals surface area contributed by atoms with Crippen LogP contribution < -0.4 is 5.32 Å². The van der Waals surface area contributed by atoms with Crippen LogP contribution in [0.5, 0.6) is 0 Å². The monoisotopic (exact) mass is 317 g/mol. The number of hydrogen-bond acceptors (Lipinski definition) is 3. The second-order valence-corrected chi connectivity index (χ2v) is 6.65. The summed E-state index contributed by atoms with van der Waals surface area (Å²) in [5, 5.41) is 4.25. The van der Waals surface area contributed by atoms with Crippen molar-refractivity contribution in [2.45, 2.75) is 19.9 Å². The first kappa shape index (κ1) is 14.2. The lowest BCUT2D eigenvalue weighted by Gasteiger charge is -2.18. The summed E-state index contributed by atoms with van der Waals surface area (Å²) < 4.78 is 1.93. The smallest absolute Gasteiger partial charge is 0.0992 e. The van der Waals surface area contributed by atoms with Crippen molar-refractivity contribution >= 4 is 28.6 Å². The van der Waals surface area contributed by atoms with E-state index in [2.05, 4.69) is 36.3 Å². The Hall–Kier alpha value is -1.78. The lowest BCUT2D eigenvalue weighted by molar-refractivity contribution is 0.901. The molecule has 1 atom stereocenters. The predicted molar refractivity (Wildman–Crippen MR) is 89.7 cm³/mol. The number of imidazole rings is 1. The lowest BCUT2D eigenvalue weighted by atomic mass is 10.2. The Labute approximate surface area is 133 Å². The van der Waals surface area contributed by atoms with Gasteiger partial charge in [0.25, 0.3) is 0 Å². The van der Waals surface area contributed by atoms with E-state index in [0.717, 1.165) is 11.4 Å². The molecule has 0 spiro atoms. The molecule has 0 bridgehead atoms. The Morgan fingerprint density at radius 3 is 2.81 bits per heavy atom. The fraction of sp³-hybridized carbons (Fsp3) is 0.188. The van der Waals surface area contributed by atoms with Crippen molar-refractivity contribution in [2.75, 3.05) is 5.32 Å². The van der Waals surface area contributed by atoms with E-state index in [4.69, 9.17) is 11.6 Å². The normalized spacial score (nSPS) is 12.3. The van der Waals surface area contributed by atoms with Crippen LogP contribution in [0.1, 0.15) is 22.7 Å². The van der Waals surface area contributed by atoms with Crippen molar-refractivity contribution in [3.8, 4) is 5.69 Å². The largest absolute Gasteiger partial charge is 0.376 e. The molecule has 0 aliphatic carbocycles. The Kier molecular flexibility index (Phi) is 3.99. The summed E-state index contributed by atoms with van der Waals surface area (Å²) in [6.07, 6.45) is 5.40. The molecule has 2 aromatic heterocycles. The van der Waals surface area contributed by atoms with Gasteiger partial charge in [-0.2, -0.15) is 0 Å². The SMILES string of the molecule is Cc1ccc(C(C)Nc2cccc(Cl)c2-n2ccnc2)s1. The van der Waals surface area contributed by atoms with Gasteiger partial charge >= 0.3 is 0 Å². The Morgan fingerprint density at radius 1 is 1.29 bits per heavy atom. The topological polar surface area (TPSA) is 29.9 Å². The highest BCUT2D eigenvalue weighted by molar-refractivity contribution is 7.12. The number of thiophene rings is 1. The van der Waals surface area contributed by atoms with E-state index < -0.39 is 0 Å². The van der Waals surface area contributed by atoms with Crippen LogP contribution in [0.25, 0.3) is 5.69 Å². The maximum atomic E-state index is 6.37. The zero-order valence-electron chi connectivity index (χ0n) is 11.9. The Balaban J connectivity index is 1.94. The maximum absolute atomic E-state index is 6.37. The van der Waals surface area contributed by atoms with E-state index in [1.807, 2.05) is 40.3 Å². The van der Waals surface area contributed by atoms with E-state index >= 15 is 0 Å². The van der Waals surface area contributed by atoms with Gasteiger partial charge in [-0.25, -0.2) is 4.98 Å². The van der Waals surface area contributed by atoms with Gasteiger partial charge in [-0.05, 0) is 38.1 Å². The van der Waals surface area contributed by atoms with Crippen LogP contribution in [0.15, 0.2) is 49.1 Å². The van der Waals surface area contributed by atoms with Gasteiger partial charge in [-0.3, -0.25) is 0 Å². The number of aromatic nitrogens is 2. The molecule has 0 radical (unpaired) electrons. The van der Waals surface area contributed by atoms with Crippen LogP contribution >= 0.6 is 22.9 Å². The van der Waals surface area contributed by atoms with E-state index in [1.165, 1.54) is 9.75 Å². The molecule has 1 N–H and O–H groups in total. The summed E-state index contributed by atoms with van der Waals surface area (Å²) in [6, 6.07) is 10.4. The first-order valence-corrected chi connectivity index (χ1v) is 7.94. The number of benzene rings is 1. The third-order valence-corrected chi connectivity index (χ3v) is 4.80. The van der Waals surface area contributed by atoms with Crippen molar-refractivity contribution < 1.29 is 0 Å². The fourth-order valence-electron chi connectivity index (χ4n) is 2.28. The molecule has 0 saturated heterocycles. The van der Waals surface area contributed by atoms with Crippen LogP contribution in [0, 0.1) is 6.92 Å². The zero-order valence-corrected chi connectivity index (χ0v) is 13.4. The van der Waals surface area contributed by atoms with E-state index in [-0.39, 0.29) is 6.04 Å². The number of rotatable bonds is 4. The lowest BCUT2D eigenvalue weighted by Crippen LogP contribution is -2.08. The highest BCUT2D eigenvalue weighted by Crippen LogP contribution is 2.32. The summed E-state index contributed by atoms with van der Waals surface area (Å²) >= 11 is 8.18. The first-order valence-electron chi connectivity index (χ1n) is 6.75. The van der Waals surface area contributed by atoms with Crippen LogP contribution in [0.4, 0.5) is 5.69 Å². The molecule has 3 aromatic rings. The summed E-state index contributed by atoms with van der Waals surface area (Å²) in [6.45, 7) is 4.28. The van der Waals surface area contributed by atoms with Gasteiger partial charge in [0, 0.05) is 22.1 Å². The Morgan fingerprint density at radius 2 is 2.14 bits per heavy atom. The molecule has 0 aliphatic rings. The minimum absolute atomic E-state index is 0.226. The van der Waals surface area contributed by atoms with Crippen molar-refractivity contribution in [3.05, 3.63) is 63.8 Å². The van der Waals surface area contributed by atoms with Crippen LogP contribution in [-0.2, 0) is 0 Å². The highest BCUT2D eigenvalue weighted by atomic mass is 35.5. The minimum atomic E-state index is 0.226. The summed E-state index contributed by atoms with van der Waals surface area (Å²) in [7, 11) is 0. The molecule has 0 aliphatic heterocycles. The number of halogens is 1. The molecule has 1 unspecified atom stereocenters.